The standard InChI is InChI=1S/C17H17BrN2O4/c1-10-5-13(18)6-11(2)17(10)24-9-16(23)20-19-8-12-3-4-14(21)15(22)7-12/h3-8,21-22H,9H2,1-2H3,(H,20,23)/b19-8-. The van der Waals surface area contributed by atoms with Gasteiger partial charge in [0.2, 0.25) is 0 Å². The predicted octanol–water partition coefficient (Wildman–Crippen LogP) is 3.01. The Balaban J connectivity index is 1.90. The summed E-state index contributed by atoms with van der Waals surface area (Å²) in [6.07, 6.45) is 1.35. The van der Waals surface area contributed by atoms with Crippen molar-refractivity contribution in [2.75, 3.05) is 6.61 Å². The number of nitrogens with zero attached hydrogens (tertiary/aromatic N) is 1. The number of hydrazone groups is 1. The summed E-state index contributed by atoms with van der Waals surface area (Å²) in [5, 5.41) is 22.4. The van der Waals surface area contributed by atoms with Crippen molar-refractivity contribution in [2.45, 2.75) is 13.8 Å². The van der Waals surface area contributed by atoms with Crippen LogP contribution in [0.1, 0.15) is 16.7 Å². The van der Waals surface area contributed by atoms with Crippen LogP contribution in [0, 0.1) is 13.8 Å². The summed E-state index contributed by atoms with van der Waals surface area (Å²) < 4.78 is 6.50. The highest BCUT2D eigenvalue weighted by atomic mass is 79.9. The minimum Gasteiger partial charge on any atom is -0.504 e. The molecule has 2 rings (SSSR count). The van der Waals surface area contributed by atoms with E-state index in [1.54, 1.807) is 6.07 Å². The van der Waals surface area contributed by atoms with Crippen molar-refractivity contribution in [1.29, 1.82) is 0 Å². The summed E-state index contributed by atoms with van der Waals surface area (Å²) in [5.74, 6) is -0.212. The molecule has 3 N–H and O–H groups in total. The molecule has 0 heterocycles. The Labute approximate surface area is 147 Å². The second kappa shape index (κ2) is 7.83. The van der Waals surface area contributed by atoms with Crippen molar-refractivity contribution in [3.8, 4) is 17.2 Å². The first-order valence-electron chi connectivity index (χ1n) is 7.10. The zero-order chi connectivity index (χ0) is 17.7. The minimum absolute atomic E-state index is 0.165. The van der Waals surface area contributed by atoms with E-state index < -0.39 is 5.91 Å². The lowest BCUT2D eigenvalue weighted by Gasteiger charge is -2.11. The Morgan fingerprint density at radius 2 is 1.88 bits per heavy atom. The summed E-state index contributed by atoms with van der Waals surface area (Å²) in [5.41, 5.74) is 4.73. The molecule has 126 valence electrons. The molecule has 0 aliphatic carbocycles. The lowest BCUT2D eigenvalue weighted by molar-refractivity contribution is -0.123. The third-order valence-corrected chi connectivity index (χ3v) is 3.63. The number of phenols is 2. The number of aryl methyl sites for hydroxylation is 2. The number of halogens is 1. The van der Waals surface area contributed by atoms with Crippen LogP contribution in [0.2, 0.25) is 0 Å². The third kappa shape index (κ3) is 4.73. The fourth-order valence-electron chi connectivity index (χ4n) is 2.09. The highest BCUT2D eigenvalue weighted by Gasteiger charge is 2.08. The van der Waals surface area contributed by atoms with E-state index in [-0.39, 0.29) is 18.1 Å². The summed E-state index contributed by atoms with van der Waals surface area (Å²) >= 11 is 3.41. The van der Waals surface area contributed by atoms with Crippen LogP contribution in [0.25, 0.3) is 0 Å². The Morgan fingerprint density at radius 1 is 1.21 bits per heavy atom. The van der Waals surface area contributed by atoms with Gasteiger partial charge in [0.05, 0.1) is 6.21 Å². The highest BCUT2D eigenvalue weighted by molar-refractivity contribution is 9.10. The van der Waals surface area contributed by atoms with Gasteiger partial charge in [0.1, 0.15) is 5.75 Å². The Kier molecular flexibility index (Phi) is 5.81. The van der Waals surface area contributed by atoms with Gasteiger partial charge in [-0.25, -0.2) is 5.43 Å². The van der Waals surface area contributed by atoms with E-state index in [1.165, 1.54) is 18.3 Å². The van der Waals surface area contributed by atoms with Gasteiger partial charge in [-0.2, -0.15) is 5.10 Å². The van der Waals surface area contributed by atoms with Crippen LogP contribution in [0.15, 0.2) is 39.9 Å². The first-order chi connectivity index (χ1) is 11.4. The van der Waals surface area contributed by atoms with Gasteiger partial charge in [-0.15, -0.1) is 0 Å². The second-order valence-electron chi connectivity index (χ2n) is 5.20. The molecule has 0 bridgehead atoms. The molecule has 0 atom stereocenters. The van der Waals surface area contributed by atoms with Gasteiger partial charge < -0.3 is 14.9 Å². The van der Waals surface area contributed by atoms with E-state index in [1.807, 2.05) is 26.0 Å². The fraction of sp³-hybridized carbons (Fsp3) is 0.176. The second-order valence-corrected chi connectivity index (χ2v) is 6.11. The molecule has 0 saturated heterocycles. The van der Waals surface area contributed by atoms with Gasteiger partial charge in [-0.05, 0) is 60.9 Å². The van der Waals surface area contributed by atoms with E-state index in [9.17, 15) is 15.0 Å². The van der Waals surface area contributed by atoms with Gasteiger partial charge >= 0.3 is 0 Å². The lowest BCUT2D eigenvalue weighted by atomic mass is 10.1. The molecule has 0 aliphatic heterocycles. The first kappa shape index (κ1) is 17.8. The van der Waals surface area contributed by atoms with Gasteiger partial charge in [0.25, 0.3) is 5.91 Å². The maximum atomic E-state index is 11.8. The van der Waals surface area contributed by atoms with Crippen molar-refractivity contribution >= 4 is 28.1 Å². The number of rotatable bonds is 5. The molecule has 0 spiro atoms. The van der Waals surface area contributed by atoms with Gasteiger partial charge in [-0.3, -0.25) is 4.79 Å². The smallest absolute Gasteiger partial charge is 0.277 e. The fourth-order valence-corrected chi connectivity index (χ4v) is 2.78. The zero-order valence-electron chi connectivity index (χ0n) is 13.2. The maximum Gasteiger partial charge on any atom is 0.277 e. The molecule has 0 unspecified atom stereocenters. The van der Waals surface area contributed by atoms with E-state index in [4.69, 9.17) is 4.74 Å². The van der Waals surface area contributed by atoms with Crippen molar-refractivity contribution in [1.82, 2.24) is 5.43 Å². The number of hydrogen-bond donors (Lipinski definition) is 3. The van der Waals surface area contributed by atoms with Gasteiger partial charge in [0, 0.05) is 4.47 Å². The monoisotopic (exact) mass is 392 g/mol. The molecule has 2 aromatic carbocycles. The summed E-state index contributed by atoms with van der Waals surface area (Å²) in [7, 11) is 0. The summed E-state index contributed by atoms with van der Waals surface area (Å²) in [4.78, 5) is 11.8. The topological polar surface area (TPSA) is 91.2 Å². The number of benzene rings is 2. The van der Waals surface area contributed by atoms with Gasteiger partial charge in [-0.1, -0.05) is 15.9 Å². The van der Waals surface area contributed by atoms with E-state index in [0.29, 0.717) is 11.3 Å². The molecule has 2 aromatic rings. The molecule has 0 fully saturated rings. The molecule has 24 heavy (non-hydrogen) atoms. The number of carbonyl (C=O) groups is 1. The lowest BCUT2D eigenvalue weighted by Crippen LogP contribution is -2.25. The van der Waals surface area contributed by atoms with Crippen LogP contribution < -0.4 is 10.2 Å². The van der Waals surface area contributed by atoms with Crippen molar-refractivity contribution < 1.29 is 19.7 Å². The molecule has 0 aromatic heterocycles. The number of aromatic hydroxyl groups is 2. The molecule has 1 amide bonds. The molecule has 7 heteroatoms. The van der Waals surface area contributed by atoms with Crippen LogP contribution in [0.4, 0.5) is 0 Å². The van der Waals surface area contributed by atoms with E-state index >= 15 is 0 Å². The van der Waals surface area contributed by atoms with E-state index in [0.717, 1.165) is 15.6 Å². The maximum absolute atomic E-state index is 11.8. The largest absolute Gasteiger partial charge is 0.504 e. The van der Waals surface area contributed by atoms with E-state index in [2.05, 4.69) is 26.5 Å². The average molecular weight is 393 g/mol. The first-order valence-corrected chi connectivity index (χ1v) is 7.89. The van der Waals surface area contributed by atoms with Gasteiger partial charge in [0.15, 0.2) is 18.1 Å². The highest BCUT2D eigenvalue weighted by Crippen LogP contribution is 2.27. The number of amides is 1. The van der Waals surface area contributed by atoms with Crippen molar-refractivity contribution in [2.24, 2.45) is 5.10 Å². The van der Waals surface area contributed by atoms with Crippen molar-refractivity contribution in [3.63, 3.8) is 0 Å². The normalized spacial score (nSPS) is 10.8. The SMILES string of the molecule is Cc1cc(Br)cc(C)c1OCC(=O)N/N=C\c1ccc(O)c(O)c1. The number of phenolic OH excluding ortho intramolecular Hbond substituents is 2. The Morgan fingerprint density at radius 3 is 2.50 bits per heavy atom. The number of hydrogen-bond acceptors (Lipinski definition) is 5. The van der Waals surface area contributed by atoms with Crippen LogP contribution in [0.3, 0.4) is 0 Å². The predicted molar refractivity (Wildman–Crippen MR) is 94.6 cm³/mol. The van der Waals surface area contributed by atoms with Crippen LogP contribution in [0.5, 0.6) is 17.2 Å². The zero-order valence-corrected chi connectivity index (χ0v) is 14.8. The number of ether oxygens (including phenoxy) is 1. The van der Waals surface area contributed by atoms with Crippen LogP contribution in [-0.2, 0) is 4.79 Å². The Bertz CT molecular complexity index is 767. The Hall–Kier alpha value is -2.54. The quantitative estimate of drug-likeness (QED) is 0.414. The van der Waals surface area contributed by atoms with Crippen LogP contribution >= 0.6 is 15.9 Å². The average Bonchev–Trinajstić information content (AvgIpc) is 2.49. The van der Waals surface area contributed by atoms with Crippen molar-refractivity contribution in [3.05, 3.63) is 51.5 Å². The molecular formula is C17H17BrN2O4. The minimum atomic E-state index is -0.407. The number of carbonyl (C=O) groups excluding carboxylic acids is 1. The molecule has 6 nitrogen and oxygen atoms in total. The summed E-state index contributed by atoms with van der Waals surface area (Å²) in [6, 6.07) is 8.04. The molecule has 0 saturated carbocycles. The molecule has 0 aliphatic rings. The van der Waals surface area contributed by atoms with Crippen LogP contribution in [-0.4, -0.2) is 28.9 Å². The third-order valence-electron chi connectivity index (χ3n) is 3.18. The molecular weight excluding hydrogens is 376 g/mol. The molecule has 0 radical (unpaired) electrons. The summed E-state index contributed by atoms with van der Waals surface area (Å²) in [6.45, 7) is 3.64. The number of nitrogens with one attached hydrogen (secondary N) is 1.